The summed E-state index contributed by atoms with van der Waals surface area (Å²) >= 11 is 0. The molecular weight excluding hydrogens is 250 g/mol. The molecule has 0 saturated carbocycles. The van der Waals surface area contributed by atoms with Crippen LogP contribution in [-0.4, -0.2) is 78.0 Å². The van der Waals surface area contributed by atoms with Crippen molar-refractivity contribution in [2.45, 2.75) is 20.3 Å². The van der Waals surface area contributed by atoms with Gasteiger partial charge in [-0.15, -0.1) is 0 Å². The van der Waals surface area contributed by atoms with Crippen LogP contribution in [0.5, 0.6) is 0 Å². The predicted octanol–water partition coefficient (Wildman–Crippen LogP) is 0.313. The minimum atomic E-state index is -1.06. The second-order valence-corrected chi connectivity index (χ2v) is 4.40. The van der Waals surface area contributed by atoms with Gasteiger partial charge in [-0.25, -0.2) is 4.79 Å². The number of hydrogen-bond donors (Lipinski definition) is 1. The van der Waals surface area contributed by atoms with Crippen LogP contribution in [0.25, 0.3) is 0 Å². The Kier molecular flexibility index (Phi) is 7.55. The van der Waals surface area contributed by atoms with Gasteiger partial charge in [0.1, 0.15) is 13.1 Å². The van der Waals surface area contributed by atoms with Crippen molar-refractivity contribution in [3.05, 3.63) is 0 Å². The Morgan fingerprint density at radius 3 is 1.95 bits per heavy atom. The fourth-order valence-corrected chi connectivity index (χ4v) is 1.49. The highest BCUT2D eigenvalue weighted by atomic mass is 16.4. The molecule has 0 aromatic heterocycles. The summed E-state index contributed by atoms with van der Waals surface area (Å²) in [7, 11) is 3.23. The number of carbonyl (C=O) groups is 3. The van der Waals surface area contributed by atoms with Crippen LogP contribution in [0.4, 0.5) is 4.79 Å². The van der Waals surface area contributed by atoms with Crippen LogP contribution < -0.4 is 0 Å². The lowest BCUT2D eigenvalue weighted by atomic mass is 10.4. The Morgan fingerprint density at radius 2 is 1.58 bits per heavy atom. The van der Waals surface area contributed by atoms with Crippen LogP contribution >= 0.6 is 0 Å². The Hall–Kier alpha value is -1.79. The summed E-state index contributed by atoms with van der Waals surface area (Å²) in [4.78, 5) is 38.5. The third-order valence-corrected chi connectivity index (χ3v) is 2.57. The van der Waals surface area contributed by atoms with Gasteiger partial charge in [0.05, 0.1) is 0 Å². The fourth-order valence-electron chi connectivity index (χ4n) is 1.49. The minimum Gasteiger partial charge on any atom is -0.480 e. The summed E-state index contributed by atoms with van der Waals surface area (Å²) in [6, 6.07) is -0.415. The average Bonchev–Trinajstić information content (AvgIpc) is 2.33. The predicted molar refractivity (Wildman–Crippen MR) is 70.8 cm³/mol. The van der Waals surface area contributed by atoms with Gasteiger partial charge in [0, 0.05) is 27.2 Å². The highest BCUT2D eigenvalue weighted by molar-refractivity contribution is 5.85. The van der Waals surface area contributed by atoms with Crippen LogP contribution in [0.2, 0.25) is 0 Å². The largest absolute Gasteiger partial charge is 0.480 e. The number of amides is 3. The van der Waals surface area contributed by atoms with Gasteiger partial charge in [-0.1, -0.05) is 6.92 Å². The number of rotatable bonds is 7. The monoisotopic (exact) mass is 273 g/mol. The summed E-state index contributed by atoms with van der Waals surface area (Å²) < 4.78 is 0. The van der Waals surface area contributed by atoms with E-state index in [0.29, 0.717) is 19.5 Å². The normalized spacial score (nSPS) is 9.89. The van der Waals surface area contributed by atoms with Crippen molar-refractivity contribution in [1.29, 1.82) is 0 Å². The molecule has 0 atom stereocenters. The van der Waals surface area contributed by atoms with Crippen molar-refractivity contribution in [1.82, 2.24) is 14.7 Å². The SMILES string of the molecule is CCCN(CC(=O)O)C(=O)N(CC)CC(=O)N(C)C. The van der Waals surface area contributed by atoms with Gasteiger partial charge in [0.15, 0.2) is 0 Å². The van der Waals surface area contributed by atoms with Crippen molar-refractivity contribution in [3.63, 3.8) is 0 Å². The lowest BCUT2D eigenvalue weighted by Gasteiger charge is -2.29. The molecular formula is C12H23N3O4. The summed E-state index contributed by atoms with van der Waals surface area (Å²) in [6.45, 7) is 3.95. The fraction of sp³-hybridized carbons (Fsp3) is 0.750. The number of carboxylic acid groups (broad SMARTS) is 1. The Balaban J connectivity index is 4.76. The molecule has 0 radical (unpaired) electrons. The van der Waals surface area contributed by atoms with Crippen LogP contribution in [-0.2, 0) is 9.59 Å². The standard InChI is InChI=1S/C12H23N3O4/c1-5-7-15(9-11(17)18)12(19)14(6-2)8-10(16)13(3)4/h5-9H2,1-4H3,(H,17,18). The second-order valence-electron chi connectivity index (χ2n) is 4.40. The molecule has 7 nitrogen and oxygen atoms in total. The van der Waals surface area contributed by atoms with Gasteiger partial charge >= 0.3 is 12.0 Å². The first-order chi connectivity index (χ1) is 8.83. The van der Waals surface area contributed by atoms with E-state index in [1.54, 1.807) is 21.0 Å². The quantitative estimate of drug-likeness (QED) is 0.724. The maximum atomic E-state index is 12.2. The van der Waals surface area contributed by atoms with Crippen LogP contribution in [0, 0.1) is 0 Å². The second kappa shape index (κ2) is 8.34. The molecule has 0 heterocycles. The molecule has 0 unspecified atom stereocenters. The van der Waals surface area contributed by atoms with Crippen molar-refractivity contribution in [2.24, 2.45) is 0 Å². The lowest BCUT2D eigenvalue weighted by Crippen LogP contribution is -2.48. The molecule has 0 bridgehead atoms. The van der Waals surface area contributed by atoms with E-state index in [4.69, 9.17) is 5.11 Å². The molecule has 0 rings (SSSR count). The average molecular weight is 273 g/mol. The molecule has 0 fully saturated rings. The zero-order chi connectivity index (χ0) is 15.0. The third kappa shape index (κ3) is 6.08. The molecule has 0 aliphatic heterocycles. The molecule has 110 valence electrons. The van der Waals surface area contributed by atoms with Crippen molar-refractivity contribution in [2.75, 3.05) is 40.3 Å². The minimum absolute atomic E-state index is 0.0395. The number of hydrogen-bond acceptors (Lipinski definition) is 3. The van der Waals surface area contributed by atoms with E-state index in [2.05, 4.69) is 0 Å². The van der Waals surface area contributed by atoms with Gasteiger partial charge in [-0.05, 0) is 13.3 Å². The molecule has 0 saturated heterocycles. The summed E-state index contributed by atoms with van der Waals surface area (Å²) in [5.41, 5.74) is 0. The zero-order valence-electron chi connectivity index (χ0n) is 12.0. The van der Waals surface area contributed by atoms with E-state index < -0.39 is 12.0 Å². The molecule has 1 N–H and O–H groups in total. The van der Waals surface area contributed by atoms with Crippen molar-refractivity contribution >= 4 is 17.9 Å². The van der Waals surface area contributed by atoms with Crippen molar-refractivity contribution < 1.29 is 19.5 Å². The number of likely N-dealkylation sites (N-methyl/N-ethyl adjacent to an activating group) is 2. The van der Waals surface area contributed by atoms with Gasteiger partial charge in [-0.2, -0.15) is 0 Å². The topological polar surface area (TPSA) is 81.2 Å². The maximum absolute atomic E-state index is 12.2. The van der Waals surface area contributed by atoms with E-state index in [9.17, 15) is 14.4 Å². The number of aliphatic carboxylic acids is 1. The third-order valence-electron chi connectivity index (χ3n) is 2.57. The summed E-state index contributed by atoms with van der Waals surface area (Å²) in [5, 5.41) is 8.80. The van der Waals surface area contributed by atoms with E-state index >= 15 is 0 Å². The molecule has 0 aliphatic carbocycles. The molecule has 7 heteroatoms. The zero-order valence-corrected chi connectivity index (χ0v) is 12.0. The summed E-state index contributed by atoms with van der Waals surface area (Å²) in [5.74, 6) is -1.25. The molecule has 0 aromatic rings. The number of nitrogens with zero attached hydrogens (tertiary/aromatic N) is 3. The molecule has 19 heavy (non-hydrogen) atoms. The molecule has 0 aliphatic rings. The maximum Gasteiger partial charge on any atom is 0.323 e. The highest BCUT2D eigenvalue weighted by Crippen LogP contribution is 2.02. The number of carboxylic acids is 1. The van der Waals surface area contributed by atoms with Crippen molar-refractivity contribution in [3.8, 4) is 0 Å². The smallest absolute Gasteiger partial charge is 0.323 e. The van der Waals surface area contributed by atoms with E-state index in [1.165, 1.54) is 14.7 Å². The Labute approximate surface area is 113 Å². The Bertz CT molecular complexity index is 331. The van der Waals surface area contributed by atoms with Crippen LogP contribution in [0.1, 0.15) is 20.3 Å². The van der Waals surface area contributed by atoms with Crippen LogP contribution in [0.3, 0.4) is 0 Å². The van der Waals surface area contributed by atoms with Gasteiger partial charge < -0.3 is 19.8 Å². The molecule has 0 aromatic carbocycles. The Morgan fingerprint density at radius 1 is 1.00 bits per heavy atom. The molecule has 0 spiro atoms. The van der Waals surface area contributed by atoms with Gasteiger partial charge in [0.25, 0.3) is 0 Å². The van der Waals surface area contributed by atoms with E-state index in [1.807, 2.05) is 6.92 Å². The summed E-state index contributed by atoms with van der Waals surface area (Å²) in [6.07, 6.45) is 0.665. The first-order valence-corrected chi connectivity index (χ1v) is 6.29. The van der Waals surface area contributed by atoms with Gasteiger partial charge in [-0.3, -0.25) is 9.59 Å². The van der Waals surface area contributed by atoms with Gasteiger partial charge in [0.2, 0.25) is 5.91 Å². The number of urea groups is 1. The number of carbonyl (C=O) groups excluding carboxylic acids is 2. The first-order valence-electron chi connectivity index (χ1n) is 6.29. The highest BCUT2D eigenvalue weighted by Gasteiger charge is 2.23. The first kappa shape index (κ1) is 17.2. The van der Waals surface area contributed by atoms with E-state index in [-0.39, 0.29) is 19.0 Å². The lowest BCUT2D eigenvalue weighted by molar-refractivity contribution is -0.137. The van der Waals surface area contributed by atoms with Crippen LogP contribution in [0.15, 0.2) is 0 Å². The van der Waals surface area contributed by atoms with E-state index in [0.717, 1.165) is 0 Å². The molecule has 3 amide bonds.